The van der Waals surface area contributed by atoms with Crippen LogP contribution in [0.2, 0.25) is 5.02 Å². The van der Waals surface area contributed by atoms with Crippen LogP contribution in [0.25, 0.3) is 0 Å². The second-order valence-corrected chi connectivity index (χ2v) is 6.50. The Morgan fingerprint density at radius 2 is 2.22 bits per heavy atom. The smallest absolute Gasteiger partial charge is 0.322 e. The van der Waals surface area contributed by atoms with E-state index in [1.807, 2.05) is 0 Å². The van der Waals surface area contributed by atoms with E-state index in [9.17, 15) is 14.4 Å². The molecule has 0 radical (unpaired) electrons. The SMILES string of the molecule is Cc1c(Cl)cccc1C(=O)NCC1CCCC12NC(=O)NC2=O. The molecular weight excluding hydrogens is 318 g/mol. The second-order valence-electron chi connectivity index (χ2n) is 6.09. The third kappa shape index (κ3) is 2.67. The largest absolute Gasteiger partial charge is 0.352 e. The Bertz CT molecular complexity index is 691. The highest BCUT2D eigenvalue weighted by Gasteiger charge is 2.54. The van der Waals surface area contributed by atoms with Gasteiger partial charge >= 0.3 is 6.03 Å². The van der Waals surface area contributed by atoms with E-state index >= 15 is 0 Å². The number of benzene rings is 1. The highest BCUT2D eigenvalue weighted by Crippen LogP contribution is 2.37. The topological polar surface area (TPSA) is 87.3 Å². The predicted molar refractivity (Wildman–Crippen MR) is 85.3 cm³/mol. The fraction of sp³-hybridized carbons (Fsp3) is 0.438. The minimum absolute atomic E-state index is 0.114. The molecule has 2 unspecified atom stereocenters. The molecule has 1 aromatic rings. The fourth-order valence-electron chi connectivity index (χ4n) is 3.49. The number of hydrogen-bond donors (Lipinski definition) is 3. The highest BCUT2D eigenvalue weighted by molar-refractivity contribution is 6.31. The van der Waals surface area contributed by atoms with Crippen molar-refractivity contribution in [3.8, 4) is 0 Å². The van der Waals surface area contributed by atoms with Crippen LogP contribution in [0.4, 0.5) is 4.79 Å². The number of carbonyl (C=O) groups is 3. The lowest BCUT2D eigenvalue weighted by Gasteiger charge is -2.28. The average molecular weight is 336 g/mol. The molecule has 2 atom stereocenters. The number of halogens is 1. The zero-order valence-corrected chi connectivity index (χ0v) is 13.5. The van der Waals surface area contributed by atoms with Crippen molar-refractivity contribution in [2.75, 3.05) is 6.54 Å². The molecule has 0 bridgehead atoms. The molecule has 2 fully saturated rings. The van der Waals surface area contributed by atoms with Gasteiger partial charge in [0.2, 0.25) is 0 Å². The van der Waals surface area contributed by atoms with Gasteiger partial charge in [-0.05, 0) is 37.5 Å². The molecule has 23 heavy (non-hydrogen) atoms. The molecule has 1 saturated carbocycles. The van der Waals surface area contributed by atoms with Gasteiger partial charge in [-0.15, -0.1) is 0 Å². The molecule has 122 valence electrons. The normalized spacial score (nSPS) is 26.3. The molecule has 3 N–H and O–H groups in total. The zero-order valence-electron chi connectivity index (χ0n) is 12.7. The van der Waals surface area contributed by atoms with Crippen molar-refractivity contribution in [2.24, 2.45) is 5.92 Å². The summed E-state index contributed by atoms with van der Waals surface area (Å²) in [6, 6.07) is 4.72. The van der Waals surface area contributed by atoms with Crippen LogP contribution in [0.3, 0.4) is 0 Å². The molecule has 1 aliphatic carbocycles. The summed E-state index contributed by atoms with van der Waals surface area (Å²) in [5.74, 6) is -0.632. The molecular formula is C16H18ClN3O3. The first-order valence-corrected chi connectivity index (χ1v) is 7.99. The zero-order chi connectivity index (χ0) is 16.6. The Hall–Kier alpha value is -2.08. The molecule has 1 aliphatic heterocycles. The predicted octanol–water partition coefficient (Wildman–Crippen LogP) is 1.76. The van der Waals surface area contributed by atoms with E-state index in [2.05, 4.69) is 16.0 Å². The van der Waals surface area contributed by atoms with Gasteiger partial charge in [-0.3, -0.25) is 14.9 Å². The van der Waals surface area contributed by atoms with Gasteiger partial charge < -0.3 is 10.6 Å². The Balaban J connectivity index is 1.70. The third-order valence-electron chi connectivity index (χ3n) is 4.81. The fourth-order valence-corrected chi connectivity index (χ4v) is 3.66. The summed E-state index contributed by atoms with van der Waals surface area (Å²) in [5.41, 5.74) is 0.359. The van der Waals surface area contributed by atoms with E-state index in [0.29, 0.717) is 23.6 Å². The van der Waals surface area contributed by atoms with Crippen molar-refractivity contribution in [1.82, 2.24) is 16.0 Å². The minimum Gasteiger partial charge on any atom is -0.352 e. The van der Waals surface area contributed by atoms with E-state index in [0.717, 1.165) is 18.4 Å². The third-order valence-corrected chi connectivity index (χ3v) is 5.22. The first kappa shape index (κ1) is 15.8. The van der Waals surface area contributed by atoms with Crippen molar-refractivity contribution in [3.63, 3.8) is 0 Å². The lowest BCUT2D eigenvalue weighted by Crippen LogP contribution is -2.53. The van der Waals surface area contributed by atoms with E-state index in [1.165, 1.54) is 0 Å². The summed E-state index contributed by atoms with van der Waals surface area (Å²) in [5, 5.41) is 8.44. The van der Waals surface area contributed by atoms with Crippen LogP contribution in [-0.2, 0) is 4.79 Å². The first-order valence-electron chi connectivity index (χ1n) is 7.61. The van der Waals surface area contributed by atoms with Crippen molar-refractivity contribution in [1.29, 1.82) is 0 Å². The Morgan fingerprint density at radius 1 is 1.43 bits per heavy atom. The van der Waals surface area contributed by atoms with Crippen LogP contribution in [0, 0.1) is 12.8 Å². The Kier molecular flexibility index (Phi) is 4.02. The van der Waals surface area contributed by atoms with Gasteiger partial charge in [0.25, 0.3) is 11.8 Å². The number of amides is 4. The Labute approximate surface area is 139 Å². The van der Waals surface area contributed by atoms with E-state index in [1.54, 1.807) is 25.1 Å². The second kappa shape index (κ2) is 5.85. The number of nitrogens with one attached hydrogen (secondary N) is 3. The average Bonchev–Trinajstić information content (AvgIpc) is 3.03. The van der Waals surface area contributed by atoms with Crippen LogP contribution in [0.15, 0.2) is 18.2 Å². The quantitative estimate of drug-likeness (QED) is 0.735. The summed E-state index contributed by atoms with van der Waals surface area (Å²) in [6.45, 7) is 2.12. The lowest BCUT2D eigenvalue weighted by molar-refractivity contribution is -0.125. The number of rotatable bonds is 3. The number of carbonyl (C=O) groups excluding carboxylic acids is 3. The van der Waals surface area contributed by atoms with Gasteiger partial charge in [-0.1, -0.05) is 24.1 Å². The van der Waals surface area contributed by atoms with Gasteiger partial charge in [0.05, 0.1) is 0 Å². The van der Waals surface area contributed by atoms with E-state index < -0.39 is 11.6 Å². The van der Waals surface area contributed by atoms with Crippen LogP contribution in [0.1, 0.15) is 35.2 Å². The molecule has 1 spiro atoms. The summed E-state index contributed by atoms with van der Waals surface area (Å²) in [4.78, 5) is 35.9. The maximum Gasteiger partial charge on any atom is 0.322 e. The van der Waals surface area contributed by atoms with Crippen molar-refractivity contribution >= 4 is 29.4 Å². The molecule has 1 saturated heterocycles. The molecule has 3 rings (SSSR count). The van der Waals surface area contributed by atoms with Crippen LogP contribution >= 0.6 is 11.6 Å². The lowest BCUT2D eigenvalue weighted by atomic mass is 9.87. The molecule has 1 aromatic carbocycles. The molecule has 6 nitrogen and oxygen atoms in total. The molecule has 4 amide bonds. The molecule has 0 aromatic heterocycles. The first-order chi connectivity index (χ1) is 10.9. The molecule has 7 heteroatoms. The number of imide groups is 1. The molecule has 2 aliphatic rings. The van der Waals surface area contributed by atoms with Gasteiger partial charge in [-0.2, -0.15) is 0 Å². The Morgan fingerprint density at radius 3 is 2.91 bits per heavy atom. The number of hydrogen-bond acceptors (Lipinski definition) is 3. The van der Waals surface area contributed by atoms with Crippen molar-refractivity contribution in [2.45, 2.75) is 31.7 Å². The van der Waals surface area contributed by atoms with Gasteiger partial charge in [0, 0.05) is 23.0 Å². The van der Waals surface area contributed by atoms with E-state index in [4.69, 9.17) is 11.6 Å². The maximum absolute atomic E-state index is 12.4. The van der Waals surface area contributed by atoms with Crippen molar-refractivity contribution < 1.29 is 14.4 Å². The van der Waals surface area contributed by atoms with Crippen molar-refractivity contribution in [3.05, 3.63) is 34.3 Å². The molecule has 1 heterocycles. The summed E-state index contributed by atoms with van der Waals surface area (Å²) in [7, 11) is 0. The summed E-state index contributed by atoms with van der Waals surface area (Å²) < 4.78 is 0. The van der Waals surface area contributed by atoms with E-state index in [-0.39, 0.29) is 17.7 Å². The van der Waals surface area contributed by atoms with Crippen LogP contribution in [-0.4, -0.2) is 29.9 Å². The van der Waals surface area contributed by atoms with Crippen LogP contribution < -0.4 is 16.0 Å². The monoisotopic (exact) mass is 335 g/mol. The van der Waals surface area contributed by atoms with Gasteiger partial charge in [0.15, 0.2) is 0 Å². The highest BCUT2D eigenvalue weighted by atomic mass is 35.5. The van der Waals surface area contributed by atoms with Crippen LogP contribution in [0.5, 0.6) is 0 Å². The maximum atomic E-state index is 12.4. The number of urea groups is 1. The van der Waals surface area contributed by atoms with Gasteiger partial charge in [-0.25, -0.2) is 4.79 Å². The van der Waals surface area contributed by atoms with Gasteiger partial charge in [0.1, 0.15) is 5.54 Å². The minimum atomic E-state index is -0.881. The summed E-state index contributed by atoms with van der Waals surface area (Å²) in [6.07, 6.45) is 2.22. The summed E-state index contributed by atoms with van der Waals surface area (Å²) >= 11 is 6.04. The standard InChI is InChI=1S/C16H18ClN3O3/c1-9-11(5-2-6-12(9)17)13(21)18-8-10-4-3-7-16(10)14(22)19-15(23)20-16/h2,5-6,10H,3-4,7-8H2,1H3,(H,18,21)(H2,19,20,22,23).